The first kappa shape index (κ1) is 8.69. The van der Waals surface area contributed by atoms with E-state index in [0.717, 1.165) is 5.69 Å². The van der Waals surface area contributed by atoms with Crippen LogP contribution in [0.1, 0.15) is 5.69 Å². The van der Waals surface area contributed by atoms with E-state index in [1.165, 1.54) is 6.33 Å². The Bertz CT molecular complexity index is 246. The van der Waals surface area contributed by atoms with Crippen molar-refractivity contribution < 1.29 is 9.63 Å². The standard InChI is InChI=1S/C6H10N4O2/c7-5(6(11)12-8)1-4-2-9-3-10-4/h2-3,5H,1,7-8H2,(H,9,10)/t5-/m0/s1. The monoisotopic (exact) mass is 170 g/mol. The molecule has 0 aliphatic carbocycles. The van der Waals surface area contributed by atoms with Crippen LogP contribution in [0, 0.1) is 0 Å². The van der Waals surface area contributed by atoms with Gasteiger partial charge in [0.2, 0.25) is 0 Å². The van der Waals surface area contributed by atoms with Crippen LogP contribution in [0.25, 0.3) is 0 Å². The number of nitrogens with two attached hydrogens (primary N) is 2. The average Bonchev–Trinajstić information content (AvgIpc) is 2.55. The SMILES string of the molecule is NOC(=O)[C@@H](N)Cc1cnc[nH]1. The van der Waals surface area contributed by atoms with Gasteiger partial charge in [0.05, 0.1) is 6.33 Å². The summed E-state index contributed by atoms with van der Waals surface area (Å²) in [5.41, 5.74) is 6.19. The molecule has 5 N–H and O–H groups in total. The first-order chi connectivity index (χ1) is 5.74. The van der Waals surface area contributed by atoms with Gasteiger partial charge < -0.3 is 15.6 Å². The van der Waals surface area contributed by atoms with Gasteiger partial charge in [0.25, 0.3) is 0 Å². The zero-order valence-corrected chi connectivity index (χ0v) is 6.36. The second-order valence-electron chi connectivity index (χ2n) is 2.32. The highest BCUT2D eigenvalue weighted by Crippen LogP contribution is 1.96. The molecule has 0 aliphatic heterocycles. The predicted octanol–water partition coefficient (Wildman–Crippen LogP) is -1.30. The fraction of sp³-hybridized carbons (Fsp3) is 0.333. The molecular weight excluding hydrogens is 160 g/mol. The van der Waals surface area contributed by atoms with Crippen LogP contribution in [0.5, 0.6) is 0 Å². The van der Waals surface area contributed by atoms with E-state index in [2.05, 4.69) is 20.7 Å². The van der Waals surface area contributed by atoms with Crippen LogP contribution >= 0.6 is 0 Å². The number of nitrogens with one attached hydrogen (secondary N) is 1. The second-order valence-corrected chi connectivity index (χ2v) is 2.32. The van der Waals surface area contributed by atoms with Crippen LogP contribution in [-0.2, 0) is 16.1 Å². The number of carbonyl (C=O) groups excluding carboxylic acids is 1. The third-order valence-electron chi connectivity index (χ3n) is 1.41. The molecule has 0 saturated heterocycles. The topological polar surface area (TPSA) is 107 Å². The van der Waals surface area contributed by atoms with Gasteiger partial charge in [-0.1, -0.05) is 0 Å². The summed E-state index contributed by atoms with van der Waals surface area (Å²) in [6, 6.07) is -0.740. The molecule has 6 nitrogen and oxygen atoms in total. The minimum absolute atomic E-state index is 0.343. The number of imidazole rings is 1. The van der Waals surface area contributed by atoms with E-state index in [0.29, 0.717) is 6.42 Å². The Morgan fingerprint density at radius 2 is 2.58 bits per heavy atom. The molecule has 0 aliphatic rings. The number of carbonyl (C=O) groups is 1. The number of nitrogens with zero attached hydrogens (tertiary/aromatic N) is 1. The van der Waals surface area contributed by atoms with Gasteiger partial charge in [0.1, 0.15) is 6.04 Å². The van der Waals surface area contributed by atoms with Gasteiger partial charge in [-0.05, 0) is 0 Å². The van der Waals surface area contributed by atoms with Crippen LogP contribution < -0.4 is 11.6 Å². The van der Waals surface area contributed by atoms with Crippen molar-refractivity contribution in [1.29, 1.82) is 0 Å². The Morgan fingerprint density at radius 3 is 3.08 bits per heavy atom. The number of aromatic nitrogens is 2. The van der Waals surface area contributed by atoms with Gasteiger partial charge in [-0.15, -0.1) is 0 Å². The summed E-state index contributed by atoms with van der Waals surface area (Å²) in [7, 11) is 0. The lowest BCUT2D eigenvalue weighted by molar-refractivity contribution is -0.145. The summed E-state index contributed by atoms with van der Waals surface area (Å²) in [4.78, 5) is 21.3. The van der Waals surface area contributed by atoms with Gasteiger partial charge in [-0.25, -0.2) is 9.78 Å². The quantitative estimate of drug-likeness (QED) is 0.488. The number of hydrogen-bond donors (Lipinski definition) is 3. The zero-order chi connectivity index (χ0) is 8.97. The molecule has 0 aromatic carbocycles. The summed E-state index contributed by atoms with van der Waals surface area (Å²) in [6.45, 7) is 0. The number of H-pyrrole nitrogens is 1. The van der Waals surface area contributed by atoms with Crippen LogP contribution in [0.3, 0.4) is 0 Å². The molecule has 1 aromatic heterocycles. The van der Waals surface area contributed by atoms with Gasteiger partial charge >= 0.3 is 5.97 Å². The summed E-state index contributed by atoms with van der Waals surface area (Å²) in [5, 5.41) is 0. The third-order valence-corrected chi connectivity index (χ3v) is 1.41. The van der Waals surface area contributed by atoms with Crippen molar-refractivity contribution >= 4 is 5.97 Å². The molecule has 0 saturated carbocycles. The second kappa shape index (κ2) is 3.84. The predicted molar refractivity (Wildman–Crippen MR) is 40.5 cm³/mol. The summed E-state index contributed by atoms with van der Waals surface area (Å²) in [6.07, 6.45) is 3.44. The van der Waals surface area contributed by atoms with Gasteiger partial charge in [-0.3, -0.25) is 0 Å². The molecule has 0 fully saturated rings. The van der Waals surface area contributed by atoms with Crippen molar-refractivity contribution in [3.63, 3.8) is 0 Å². The maximum Gasteiger partial charge on any atom is 0.341 e. The molecule has 0 spiro atoms. The Labute approximate surface area is 68.9 Å². The first-order valence-electron chi connectivity index (χ1n) is 3.37. The highest BCUT2D eigenvalue weighted by Gasteiger charge is 2.14. The summed E-state index contributed by atoms with van der Waals surface area (Å²) < 4.78 is 0. The highest BCUT2D eigenvalue weighted by molar-refractivity contribution is 5.75. The van der Waals surface area contributed by atoms with E-state index in [1.807, 2.05) is 0 Å². The third kappa shape index (κ3) is 2.04. The van der Waals surface area contributed by atoms with Gasteiger partial charge in [0.15, 0.2) is 0 Å². The zero-order valence-electron chi connectivity index (χ0n) is 6.36. The van der Waals surface area contributed by atoms with Crippen molar-refractivity contribution in [1.82, 2.24) is 9.97 Å². The molecule has 0 amide bonds. The number of rotatable bonds is 3. The number of hydrogen-bond acceptors (Lipinski definition) is 5. The highest BCUT2D eigenvalue weighted by atomic mass is 16.7. The average molecular weight is 170 g/mol. The van der Waals surface area contributed by atoms with E-state index in [-0.39, 0.29) is 0 Å². The molecule has 0 radical (unpaired) electrons. The Kier molecular flexibility index (Phi) is 2.78. The van der Waals surface area contributed by atoms with E-state index in [9.17, 15) is 4.79 Å². The van der Waals surface area contributed by atoms with E-state index < -0.39 is 12.0 Å². The van der Waals surface area contributed by atoms with Crippen LogP contribution in [0.15, 0.2) is 12.5 Å². The molecule has 6 heteroatoms. The molecule has 1 aromatic rings. The van der Waals surface area contributed by atoms with Gasteiger partial charge in [-0.2, -0.15) is 5.90 Å². The number of aromatic amines is 1. The summed E-state index contributed by atoms with van der Waals surface area (Å²) >= 11 is 0. The largest absolute Gasteiger partial charge is 0.372 e. The molecule has 12 heavy (non-hydrogen) atoms. The lowest BCUT2D eigenvalue weighted by Crippen LogP contribution is -2.35. The van der Waals surface area contributed by atoms with E-state index >= 15 is 0 Å². The maximum absolute atomic E-state index is 10.7. The van der Waals surface area contributed by atoms with Crippen molar-refractivity contribution in [2.75, 3.05) is 0 Å². The van der Waals surface area contributed by atoms with E-state index in [1.54, 1.807) is 6.20 Å². The lowest BCUT2D eigenvalue weighted by atomic mass is 10.2. The molecule has 1 heterocycles. The van der Waals surface area contributed by atoms with Crippen LogP contribution in [0.2, 0.25) is 0 Å². The minimum Gasteiger partial charge on any atom is -0.372 e. The smallest absolute Gasteiger partial charge is 0.341 e. The van der Waals surface area contributed by atoms with Crippen molar-refractivity contribution in [2.24, 2.45) is 11.6 Å². The molecule has 0 bridgehead atoms. The normalized spacial score (nSPS) is 12.5. The van der Waals surface area contributed by atoms with Crippen molar-refractivity contribution in [2.45, 2.75) is 12.5 Å². The fourth-order valence-corrected chi connectivity index (χ4v) is 0.804. The molecule has 66 valence electrons. The molecule has 1 rings (SSSR count). The summed E-state index contributed by atoms with van der Waals surface area (Å²) in [5.74, 6) is 4.01. The van der Waals surface area contributed by atoms with Crippen LogP contribution in [-0.4, -0.2) is 22.0 Å². The molecule has 0 unspecified atom stereocenters. The van der Waals surface area contributed by atoms with E-state index in [4.69, 9.17) is 5.73 Å². The van der Waals surface area contributed by atoms with Crippen LogP contribution in [0.4, 0.5) is 0 Å². The first-order valence-corrected chi connectivity index (χ1v) is 3.37. The maximum atomic E-state index is 10.7. The molecular formula is C6H10N4O2. The molecule has 1 atom stereocenters. The van der Waals surface area contributed by atoms with Crippen molar-refractivity contribution in [3.05, 3.63) is 18.2 Å². The van der Waals surface area contributed by atoms with Gasteiger partial charge in [0, 0.05) is 18.3 Å². The van der Waals surface area contributed by atoms with Crippen molar-refractivity contribution in [3.8, 4) is 0 Å². The fourth-order valence-electron chi connectivity index (χ4n) is 0.804. The Balaban J connectivity index is 2.47. The Morgan fingerprint density at radius 1 is 1.83 bits per heavy atom. The Hall–Kier alpha value is -1.40. The lowest BCUT2D eigenvalue weighted by Gasteiger charge is -2.05. The minimum atomic E-state index is -0.740.